The number of nitrogens with zero attached hydrogens (tertiary/aromatic N) is 2. The Balaban J connectivity index is 2.39. The van der Waals surface area contributed by atoms with E-state index in [-0.39, 0.29) is 63.6 Å². The molecule has 1 rings (SSSR count). The summed E-state index contributed by atoms with van der Waals surface area (Å²) in [4.78, 5) is 67.0. The van der Waals surface area contributed by atoms with Gasteiger partial charge in [0.2, 0.25) is 0 Å². The van der Waals surface area contributed by atoms with Gasteiger partial charge in [0, 0.05) is 56.5 Å². The number of rotatable bonds is 25. The zero-order valence-electron chi connectivity index (χ0n) is 27.8. The molecule has 0 radical (unpaired) electrons. The summed E-state index contributed by atoms with van der Waals surface area (Å²) in [6.07, 6.45) is 3.29. The fraction of sp³-hybridized carbons (Fsp3) is 0.690. The summed E-state index contributed by atoms with van der Waals surface area (Å²) in [5.74, 6) is -1.50. The highest BCUT2D eigenvalue weighted by Crippen LogP contribution is 2.24. The largest absolute Gasteiger partial charge is 0.481 e. The van der Waals surface area contributed by atoms with Crippen molar-refractivity contribution >= 4 is 58.2 Å². The first kappa shape index (κ1) is 42.1. The van der Waals surface area contributed by atoms with Gasteiger partial charge in [-0.1, -0.05) is 0 Å². The molecular formula is C29H51N5O10SSi2. The number of Topliss-reactive ketones (excluding diaryl/α,β-unsaturated/α-hetero) is 1. The number of aromatic nitrogens is 2. The van der Waals surface area contributed by atoms with Gasteiger partial charge < -0.3 is 40.6 Å². The maximum atomic E-state index is 12.4. The number of hydrogen-bond acceptors (Lipinski definition) is 13. The SMILES string of the molecule is C[Si](C)(CCCC(=O)OC(CN)CN)O[Si](C)(C)CSCc1ncc(CCC(=O)CC[C@H](NC(=O)OCCCC(=O)O)C(=O)O)cn1. The van der Waals surface area contributed by atoms with Crippen LogP contribution in [-0.2, 0) is 44.9 Å². The quantitative estimate of drug-likeness (QED) is 0.0554. The van der Waals surface area contributed by atoms with Gasteiger partial charge >= 0.3 is 24.0 Å². The number of aryl methyl sites for hydroxylation is 1. The van der Waals surface area contributed by atoms with Crippen molar-refractivity contribution in [1.82, 2.24) is 15.3 Å². The molecule has 1 amide bonds. The predicted molar refractivity (Wildman–Crippen MR) is 182 cm³/mol. The Hall–Kier alpha value is -2.91. The molecular weight excluding hydrogens is 667 g/mol. The van der Waals surface area contributed by atoms with Gasteiger partial charge in [0.1, 0.15) is 23.8 Å². The van der Waals surface area contributed by atoms with E-state index in [1.807, 2.05) is 0 Å². The number of thioether (sulfide) groups is 1. The average Bonchev–Trinajstić information content (AvgIpc) is 2.98. The molecule has 0 aliphatic carbocycles. The fourth-order valence-corrected chi connectivity index (χ4v) is 15.3. The van der Waals surface area contributed by atoms with Crippen LogP contribution in [-0.4, -0.2) is 104 Å². The summed E-state index contributed by atoms with van der Waals surface area (Å²) in [6.45, 7) is 8.96. The second-order valence-corrected chi connectivity index (χ2v) is 22.5. The minimum atomic E-state index is -1.99. The molecule has 0 saturated heterocycles. The summed E-state index contributed by atoms with van der Waals surface area (Å²) < 4.78 is 16.7. The molecule has 266 valence electrons. The Bertz CT molecular complexity index is 1160. The number of aliphatic carboxylic acids is 2. The van der Waals surface area contributed by atoms with Gasteiger partial charge in [-0.3, -0.25) is 14.4 Å². The number of alkyl carbamates (subject to hydrolysis) is 1. The first-order chi connectivity index (χ1) is 22.1. The molecule has 1 heterocycles. The van der Waals surface area contributed by atoms with Crippen molar-refractivity contribution in [3.8, 4) is 0 Å². The number of hydrogen-bond donors (Lipinski definition) is 5. The first-order valence-corrected chi connectivity index (χ1v) is 23.0. The number of carboxylic acids is 2. The zero-order chi connectivity index (χ0) is 35.5. The zero-order valence-corrected chi connectivity index (χ0v) is 30.6. The smallest absolute Gasteiger partial charge is 0.407 e. The molecule has 7 N–H and O–H groups in total. The maximum Gasteiger partial charge on any atom is 0.407 e. The minimum absolute atomic E-state index is 0.0518. The molecule has 15 nitrogen and oxygen atoms in total. The van der Waals surface area contributed by atoms with Crippen molar-refractivity contribution in [2.24, 2.45) is 11.5 Å². The molecule has 0 aliphatic heterocycles. The van der Waals surface area contributed by atoms with Gasteiger partial charge in [-0.2, -0.15) is 11.8 Å². The molecule has 47 heavy (non-hydrogen) atoms. The van der Waals surface area contributed by atoms with E-state index in [9.17, 15) is 29.1 Å². The summed E-state index contributed by atoms with van der Waals surface area (Å²) in [5.41, 5.74) is 11.8. The second kappa shape index (κ2) is 21.9. The van der Waals surface area contributed by atoms with Gasteiger partial charge in [0.25, 0.3) is 0 Å². The normalized spacial score (nSPS) is 12.4. The molecule has 0 fully saturated rings. The number of carboxylic acid groups (broad SMARTS) is 2. The van der Waals surface area contributed by atoms with E-state index < -0.39 is 46.8 Å². The van der Waals surface area contributed by atoms with Crippen LogP contribution in [0.1, 0.15) is 56.3 Å². The van der Waals surface area contributed by atoms with Crippen molar-refractivity contribution in [3.05, 3.63) is 23.8 Å². The third kappa shape index (κ3) is 20.2. The third-order valence-electron chi connectivity index (χ3n) is 6.74. The summed E-state index contributed by atoms with van der Waals surface area (Å²) in [7, 11) is -3.98. The third-order valence-corrected chi connectivity index (χ3v) is 16.8. The lowest BCUT2D eigenvalue weighted by Gasteiger charge is -2.34. The van der Waals surface area contributed by atoms with Gasteiger partial charge in [0.15, 0.2) is 16.6 Å². The Morgan fingerprint density at radius 1 is 0.936 bits per heavy atom. The van der Waals surface area contributed by atoms with E-state index in [1.165, 1.54) is 0 Å². The standard InChI is InChI=1S/C29H51N5O10SSi2/c1-46(2,14-6-8-27(38)43-23(15-30)16-31)44-47(3,4)20-45-19-25-32-17-21(18-33-25)9-10-22(35)11-12-24(28(39)40)34-29(41)42-13-5-7-26(36)37/h17-18,23-24H,5-16,19-20,30-31H2,1-4H3,(H,34,41)(H,36,37)(H,39,40)/t24-/m0/s1. The van der Waals surface area contributed by atoms with Crippen molar-refractivity contribution in [3.63, 3.8) is 0 Å². The lowest BCUT2D eigenvalue weighted by atomic mass is 10.0. The van der Waals surface area contributed by atoms with Crippen LogP contribution in [0.2, 0.25) is 32.2 Å². The molecule has 18 heteroatoms. The molecule has 0 aliphatic rings. The Kier molecular flexibility index (Phi) is 19.6. The van der Waals surface area contributed by atoms with Crippen LogP contribution < -0.4 is 16.8 Å². The Morgan fingerprint density at radius 3 is 2.19 bits per heavy atom. The highest BCUT2D eigenvalue weighted by Gasteiger charge is 2.33. The van der Waals surface area contributed by atoms with Gasteiger partial charge in [0.05, 0.1) is 12.4 Å². The van der Waals surface area contributed by atoms with Gasteiger partial charge in [-0.15, -0.1) is 0 Å². The number of nitrogens with two attached hydrogens (primary N) is 2. The van der Waals surface area contributed by atoms with Crippen LogP contribution in [0, 0.1) is 0 Å². The highest BCUT2D eigenvalue weighted by molar-refractivity contribution is 8.00. The lowest BCUT2D eigenvalue weighted by molar-refractivity contribution is -0.148. The minimum Gasteiger partial charge on any atom is -0.481 e. The van der Waals surface area contributed by atoms with Crippen LogP contribution >= 0.6 is 11.8 Å². The molecule has 0 aromatic carbocycles. The molecule has 0 bridgehead atoms. The van der Waals surface area contributed by atoms with Gasteiger partial charge in [-0.05, 0) is 63.5 Å². The predicted octanol–water partition coefficient (Wildman–Crippen LogP) is 2.61. The van der Waals surface area contributed by atoms with Crippen molar-refractivity contribution < 1.29 is 47.8 Å². The van der Waals surface area contributed by atoms with E-state index in [0.29, 0.717) is 30.8 Å². The number of amides is 1. The number of nitrogens with one attached hydrogen (secondary N) is 1. The van der Waals surface area contributed by atoms with Crippen molar-refractivity contribution in [2.45, 2.75) is 101 Å². The highest BCUT2D eigenvalue weighted by atomic mass is 32.2. The number of ketones is 1. The average molecular weight is 718 g/mol. The lowest BCUT2D eigenvalue weighted by Crippen LogP contribution is -2.46. The van der Waals surface area contributed by atoms with E-state index in [2.05, 4.69) is 41.5 Å². The van der Waals surface area contributed by atoms with Crippen LogP contribution in [0.15, 0.2) is 12.4 Å². The molecule has 1 aromatic heterocycles. The van der Waals surface area contributed by atoms with Crippen molar-refractivity contribution in [1.29, 1.82) is 0 Å². The molecule has 1 atom stereocenters. The van der Waals surface area contributed by atoms with Crippen LogP contribution in [0.4, 0.5) is 4.79 Å². The summed E-state index contributed by atoms with van der Waals surface area (Å²) in [5, 5.41) is 21.0. The molecule has 0 unspecified atom stereocenters. The van der Waals surface area contributed by atoms with Crippen LogP contribution in [0.25, 0.3) is 0 Å². The molecule has 0 spiro atoms. The summed E-state index contributed by atoms with van der Waals surface area (Å²) in [6, 6.07) is -0.463. The topological polar surface area (TPSA) is 243 Å². The molecule has 0 saturated carbocycles. The number of carbonyl (C=O) groups is 5. The second-order valence-electron chi connectivity index (χ2n) is 12.3. The maximum absolute atomic E-state index is 12.4. The summed E-state index contributed by atoms with van der Waals surface area (Å²) >= 11 is 1.71. The van der Waals surface area contributed by atoms with E-state index >= 15 is 0 Å². The van der Waals surface area contributed by atoms with Crippen molar-refractivity contribution in [2.75, 3.05) is 25.1 Å². The number of carbonyl (C=O) groups excluding carboxylic acids is 3. The van der Waals surface area contributed by atoms with Crippen LogP contribution in [0.3, 0.4) is 0 Å². The number of ether oxygens (including phenoxy) is 2. The Morgan fingerprint density at radius 2 is 1.60 bits per heavy atom. The van der Waals surface area contributed by atoms with Gasteiger partial charge in [-0.25, -0.2) is 19.6 Å². The fourth-order valence-electron chi connectivity index (χ4n) is 4.44. The number of esters is 1. The molecule has 1 aromatic rings. The Labute approximate surface area is 282 Å². The van der Waals surface area contributed by atoms with Crippen LogP contribution in [0.5, 0.6) is 0 Å². The van der Waals surface area contributed by atoms with E-state index in [4.69, 9.17) is 30.2 Å². The van der Waals surface area contributed by atoms with E-state index in [1.54, 1.807) is 24.2 Å². The van der Waals surface area contributed by atoms with E-state index in [0.717, 1.165) is 17.0 Å². The first-order valence-electron chi connectivity index (χ1n) is 15.6. The monoisotopic (exact) mass is 717 g/mol.